The molecule has 4 nitrogen and oxygen atoms in total. The summed E-state index contributed by atoms with van der Waals surface area (Å²) in [4.78, 5) is 4.24. The summed E-state index contributed by atoms with van der Waals surface area (Å²) in [6.45, 7) is 0. The average molecular weight is 340 g/mol. The van der Waals surface area contributed by atoms with Crippen LogP contribution in [0.3, 0.4) is 0 Å². The van der Waals surface area contributed by atoms with Gasteiger partial charge in [-0.2, -0.15) is 4.98 Å². The molecule has 2 aromatic heterocycles. The Hall–Kier alpha value is -1.73. The van der Waals surface area contributed by atoms with Crippen molar-refractivity contribution < 1.29 is 8.91 Å². The van der Waals surface area contributed by atoms with Crippen LogP contribution in [0.4, 0.5) is 9.39 Å². The minimum atomic E-state index is -0.361. The minimum absolute atomic E-state index is 0.312. The normalized spacial score (nSPS) is 10.8. The van der Waals surface area contributed by atoms with E-state index in [0.29, 0.717) is 32.3 Å². The average Bonchev–Trinajstić information content (AvgIpc) is 3.00. The van der Waals surface area contributed by atoms with Gasteiger partial charge < -0.3 is 10.3 Å². The van der Waals surface area contributed by atoms with Crippen LogP contribution in [0, 0.1) is 5.82 Å². The third kappa shape index (κ3) is 2.26. The molecule has 0 atom stereocenters. The maximum absolute atomic E-state index is 13.3. The first-order valence-electron chi connectivity index (χ1n) is 5.27. The van der Waals surface area contributed by atoms with Gasteiger partial charge in [0.15, 0.2) is 0 Å². The Morgan fingerprint density at radius 2 is 2.11 bits per heavy atom. The van der Waals surface area contributed by atoms with Crippen molar-refractivity contribution in [2.45, 2.75) is 0 Å². The number of thiophene rings is 1. The van der Waals surface area contributed by atoms with Gasteiger partial charge in [0.05, 0.1) is 10.6 Å². The number of anilines is 1. The largest absolute Gasteiger partial charge is 0.390 e. The molecule has 0 aliphatic carbocycles. The quantitative estimate of drug-likeness (QED) is 0.767. The fourth-order valence-corrected chi connectivity index (χ4v) is 2.67. The first kappa shape index (κ1) is 12.3. The van der Waals surface area contributed by atoms with Crippen LogP contribution in [0.15, 0.2) is 38.6 Å². The Balaban J connectivity index is 2.06. The number of benzene rings is 1. The maximum atomic E-state index is 13.3. The topological polar surface area (TPSA) is 64.9 Å². The van der Waals surface area contributed by atoms with E-state index in [4.69, 9.17) is 10.3 Å². The van der Waals surface area contributed by atoms with Crippen molar-refractivity contribution >= 4 is 32.3 Å². The van der Waals surface area contributed by atoms with Crippen molar-refractivity contribution in [1.29, 1.82) is 0 Å². The third-order valence-corrected chi connectivity index (χ3v) is 3.96. The van der Waals surface area contributed by atoms with Crippen molar-refractivity contribution in [3.05, 3.63) is 39.9 Å². The third-order valence-electron chi connectivity index (χ3n) is 2.52. The molecule has 0 aliphatic heterocycles. The van der Waals surface area contributed by atoms with E-state index in [1.807, 2.05) is 5.38 Å². The molecule has 0 unspecified atom stereocenters. The Bertz CT molecular complexity index is 740. The summed E-state index contributed by atoms with van der Waals surface area (Å²) < 4.78 is 19.1. The molecule has 0 amide bonds. The molecule has 0 aliphatic rings. The highest BCUT2D eigenvalue weighted by Gasteiger charge is 2.15. The zero-order chi connectivity index (χ0) is 13.4. The number of aromatic nitrogens is 2. The van der Waals surface area contributed by atoms with Gasteiger partial charge in [0.1, 0.15) is 5.82 Å². The number of nitrogen functional groups attached to an aromatic ring is 1. The summed E-state index contributed by atoms with van der Waals surface area (Å²) in [7, 11) is 0. The summed E-state index contributed by atoms with van der Waals surface area (Å²) in [5.41, 5.74) is 7.02. The Kier molecular flexibility index (Phi) is 3.08. The fourth-order valence-electron chi connectivity index (χ4n) is 1.61. The molecular formula is C12H7BrFN3OS. The molecule has 0 radical (unpaired) electrons. The number of hydrogen-bond acceptors (Lipinski definition) is 5. The lowest BCUT2D eigenvalue weighted by Crippen LogP contribution is -1.86. The van der Waals surface area contributed by atoms with Gasteiger partial charge in [-0.3, -0.25) is 0 Å². The van der Waals surface area contributed by atoms with E-state index >= 15 is 0 Å². The van der Waals surface area contributed by atoms with Crippen molar-refractivity contribution in [3.8, 4) is 22.8 Å². The number of nitrogens with two attached hydrogens (primary N) is 1. The number of halogens is 2. The molecular weight excluding hydrogens is 333 g/mol. The van der Waals surface area contributed by atoms with E-state index < -0.39 is 0 Å². The lowest BCUT2D eigenvalue weighted by Gasteiger charge is -1.98. The molecule has 1 aromatic carbocycles. The predicted octanol–water partition coefficient (Wildman–Crippen LogP) is 3.95. The molecule has 7 heteroatoms. The maximum Gasteiger partial charge on any atom is 0.261 e. The first-order chi connectivity index (χ1) is 9.15. The molecule has 3 aromatic rings. The predicted molar refractivity (Wildman–Crippen MR) is 75.1 cm³/mol. The smallest absolute Gasteiger partial charge is 0.261 e. The second kappa shape index (κ2) is 4.75. The zero-order valence-electron chi connectivity index (χ0n) is 9.43. The summed E-state index contributed by atoms with van der Waals surface area (Å²) in [5, 5.41) is 6.30. The minimum Gasteiger partial charge on any atom is -0.390 e. The Morgan fingerprint density at radius 3 is 2.84 bits per heavy atom. The van der Waals surface area contributed by atoms with Crippen LogP contribution in [-0.4, -0.2) is 10.1 Å². The molecule has 3 rings (SSSR count). The van der Waals surface area contributed by atoms with Crippen LogP contribution in [0.1, 0.15) is 0 Å². The second-order valence-electron chi connectivity index (χ2n) is 3.75. The molecule has 96 valence electrons. The molecule has 0 spiro atoms. The highest BCUT2D eigenvalue weighted by molar-refractivity contribution is 9.10. The number of nitrogens with zero attached hydrogens (tertiary/aromatic N) is 2. The lowest BCUT2D eigenvalue weighted by molar-refractivity contribution is 0.432. The SMILES string of the molecule is Nc1sccc1-c1nc(-c2cc(F)ccc2Br)no1. The van der Waals surface area contributed by atoms with Gasteiger partial charge in [0.2, 0.25) is 5.82 Å². The fraction of sp³-hybridized carbons (Fsp3) is 0. The molecule has 0 saturated carbocycles. The van der Waals surface area contributed by atoms with E-state index in [1.165, 1.54) is 23.5 Å². The van der Waals surface area contributed by atoms with Gasteiger partial charge in [-0.15, -0.1) is 11.3 Å². The highest BCUT2D eigenvalue weighted by Crippen LogP contribution is 2.32. The van der Waals surface area contributed by atoms with E-state index in [1.54, 1.807) is 12.1 Å². The molecule has 0 fully saturated rings. The number of hydrogen-bond donors (Lipinski definition) is 1. The van der Waals surface area contributed by atoms with Gasteiger partial charge in [0.25, 0.3) is 5.89 Å². The van der Waals surface area contributed by atoms with Crippen LogP contribution in [-0.2, 0) is 0 Å². The highest BCUT2D eigenvalue weighted by atomic mass is 79.9. The van der Waals surface area contributed by atoms with Gasteiger partial charge in [-0.1, -0.05) is 21.1 Å². The van der Waals surface area contributed by atoms with Crippen LogP contribution < -0.4 is 5.73 Å². The van der Waals surface area contributed by atoms with Crippen molar-refractivity contribution in [2.24, 2.45) is 0 Å². The van der Waals surface area contributed by atoms with Gasteiger partial charge in [-0.05, 0) is 29.6 Å². The number of rotatable bonds is 2. The monoisotopic (exact) mass is 339 g/mol. The summed E-state index contributed by atoms with van der Waals surface area (Å²) in [6, 6.07) is 6.10. The van der Waals surface area contributed by atoms with Crippen LogP contribution in [0.2, 0.25) is 0 Å². The van der Waals surface area contributed by atoms with Gasteiger partial charge in [-0.25, -0.2) is 4.39 Å². The Morgan fingerprint density at radius 1 is 1.26 bits per heavy atom. The van der Waals surface area contributed by atoms with E-state index in [-0.39, 0.29) is 5.82 Å². The molecule has 2 heterocycles. The van der Waals surface area contributed by atoms with E-state index in [0.717, 1.165) is 0 Å². The van der Waals surface area contributed by atoms with E-state index in [9.17, 15) is 4.39 Å². The summed E-state index contributed by atoms with van der Waals surface area (Å²) in [5.74, 6) is 0.275. The van der Waals surface area contributed by atoms with Gasteiger partial charge >= 0.3 is 0 Å². The van der Waals surface area contributed by atoms with Crippen LogP contribution >= 0.6 is 27.3 Å². The van der Waals surface area contributed by atoms with Crippen LogP contribution in [0.5, 0.6) is 0 Å². The summed E-state index contributed by atoms with van der Waals surface area (Å²) in [6.07, 6.45) is 0. The van der Waals surface area contributed by atoms with Gasteiger partial charge in [0, 0.05) is 10.0 Å². The molecule has 0 saturated heterocycles. The Labute approximate surface area is 120 Å². The van der Waals surface area contributed by atoms with E-state index in [2.05, 4.69) is 26.1 Å². The lowest BCUT2D eigenvalue weighted by atomic mass is 10.2. The molecule has 19 heavy (non-hydrogen) atoms. The zero-order valence-corrected chi connectivity index (χ0v) is 11.8. The van der Waals surface area contributed by atoms with Crippen molar-refractivity contribution in [2.75, 3.05) is 5.73 Å². The van der Waals surface area contributed by atoms with Crippen LogP contribution in [0.25, 0.3) is 22.8 Å². The first-order valence-corrected chi connectivity index (χ1v) is 6.95. The van der Waals surface area contributed by atoms with Crippen molar-refractivity contribution in [3.63, 3.8) is 0 Å². The second-order valence-corrected chi connectivity index (χ2v) is 5.55. The molecule has 2 N–H and O–H groups in total. The summed E-state index contributed by atoms with van der Waals surface area (Å²) >= 11 is 4.72. The van der Waals surface area contributed by atoms with Crippen molar-refractivity contribution in [1.82, 2.24) is 10.1 Å². The standard InChI is InChI=1S/C12H7BrFN3OS/c13-9-2-1-6(14)5-8(9)11-16-12(18-17-11)7-3-4-19-10(7)15/h1-5H,15H2. The molecule has 0 bridgehead atoms.